The molecule has 3 aromatic heterocycles. The van der Waals surface area contributed by atoms with Gasteiger partial charge in [-0.2, -0.15) is 4.98 Å². The van der Waals surface area contributed by atoms with Crippen molar-refractivity contribution in [1.29, 1.82) is 0 Å². The number of carbonyl (C=O) groups excluding carboxylic acids is 1. The predicted molar refractivity (Wildman–Crippen MR) is 158 cm³/mol. The summed E-state index contributed by atoms with van der Waals surface area (Å²) in [6, 6.07) is 15.3. The largest absolute Gasteiger partial charge is 0.445 e. The van der Waals surface area contributed by atoms with E-state index >= 15 is 0 Å². The molecule has 10 heteroatoms. The minimum Gasteiger partial charge on any atom is -0.445 e. The van der Waals surface area contributed by atoms with Crippen LogP contribution in [0.5, 0.6) is 0 Å². The van der Waals surface area contributed by atoms with E-state index in [4.69, 9.17) is 9.72 Å². The molecular formula is C31H35N7O3. The molecule has 1 aliphatic heterocycles. The predicted octanol–water partition coefficient (Wildman–Crippen LogP) is 5.46. The van der Waals surface area contributed by atoms with Crippen LogP contribution in [-0.2, 0) is 17.9 Å². The smallest absolute Gasteiger partial charge is 0.407 e. The molecule has 1 aliphatic carbocycles. The number of amides is 1. The van der Waals surface area contributed by atoms with Crippen LogP contribution in [0.4, 0.5) is 22.2 Å². The molecule has 0 atom stereocenters. The van der Waals surface area contributed by atoms with E-state index < -0.39 is 6.09 Å². The fraction of sp³-hybridized carbons (Fsp3) is 0.387. The zero-order valence-corrected chi connectivity index (χ0v) is 23.1. The first kappa shape index (κ1) is 26.7. The number of carbonyl (C=O) groups is 1. The average molecular weight is 554 g/mol. The third-order valence-electron chi connectivity index (χ3n) is 7.88. The number of piperidine rings is 1. The molecule has 2 N–H and O–H groups in total. The maximum Gasteiger partial charge on any atom is 0.407 e. The van der Waals surface area contributed by atoms with Crippen LogP contribution in [0.15, 0.2) is 65.7 Å². The number of anilines is 3. The lowest BCUT2D eigenvalue weighted by atomic mass is 10.1. The highest BCUT2D eigenvalue weighted by atomic mass is 16.5. The van der Waals surface area contributed by atoms with Crippen molar-refractivity contribution in [3.8, 4) is 0 Å². The number of nitrogens with one attached hydrogen (secondary N) is 2. The number of rotatable bonds is 8. The topological polar surface area (TPSA) is 114 Å². The Labute approximate surface area is 238 Å². The number of fused-ring (bicyclic) bond motifs is 1. The molecule has 1 aromatic carbocycles. The number of benzene rings is 1. The number of alkyl carbamates (subject to hydrolysis) is 1. The Hall–Kier alpha value is -4.47. The molecule has 2 aliphatic rings. The molecule has 0 radical (unpaired) electrons. The number of hydrogen-bond acceptors (Lipinski definition) is 8. The third-order valence-corrected chi connectivity index (χ3v) is 7.88. The van der Waals surface area contributed by atoms with Crippen molar-refractivity contribution in [2.75, 3.05) is 23.3 Å². The minimum atomic E-state index is -0.574. The summed E-state index contributed by atoms with van der Waals surface area (Å²) >= 11 is 0. The summed E-state index contributed by atoms with van der Waals surface area (Å²) in [7, 11) is 0. The van der Waals surface area contributed by atoms with Gasteiger partial charge in [-0.25, -0.2) is 14.8 Å². The molecule has 1 saturated carbocycles. The molecule has 0 unspecified atom stereocenters. The third kappa shape index (κ3) is 6.32. The monoisotopic (exact) mass is 553 g/mol. The molecule has 2 fully saturated rings. The van der Waals surface area contributed by atoms with Crippen LogP contribution in [0.3, 0.4) is 0 Å². The summed E-state index contributed by atoms with van der Waals surface area (Å²) in [5, 5.41) is 6.67. The molecule has 10 nitrogen and oxygen atoms in total. The first-order valence-electron chi connectivity index (χ1n) is 14.5. The summed E-state index contributed by atoms with van der Waals surface area (Å²) in [5.41, 5.74) is 2.92. The highest BCUT2D eigenvalue weighted by Crippen LogP contribution is 2.31. The first-order chi connectivity index (χ1) is 20.1. The van der Waals surface area contributed by atoms with Crippen LogP contribution in [-0.4, -0.2) is 38.7 Å². The summed E-state index contributed by atoms with van der Waals surface area (Å²) in [5.74, 6) is 1.03. The first-order valence-corrected chi connectivity index (χ1v) is 14.5. The Bertz CT molecular complexity index is 1540. The molecule has 4 aromatic rings. The summed E-state index contributed by atoms with van der Waals surface area (Å²) in [4.78, 5) is 42.3. The van der Waals surface area contributed by atoms with E-state index in [9.17, 15) is 9.59 Å². The SMILES string of the molecule is O=C(NCc1cc2cnc(Nc3ccc(N4CCCCC4)cn3)nc2n(C2CCCC2)c1=O)OCc1ccccc1. The second-order valence-electron chi connectivity index (χ2n) is 10.7. The number of nitrogens with zero attached hydrogens (tertiary/aromatic N) is 5. The molecule has 6 rings (SSSR count). The average Bonchev–Trinajstić information content (AvgIpc) is 3.55. The molecule has 1 amide bonds. The Kier molecular flexibility index (Phi) is 8.06. The van der Waals surface area contributed by atoms with E-state index in [2.05, 4.69) is 31.6 Å². The van der Waals surface area contributed by atoms with Crippen molar-refractivity contribution in [2.45, 2.75) is 64.1 Å². The van der Waals surface area contributed by atoms with Crippen molar-refractivity contribution in [3.63, 3.8) is 0 Å². The van der Waals surface area contributed by atoms with E-state index in [0.717, 1.165) is 55.4 Å². The van der Waals surface area contributed by atoms with Crippen molar-refractivity contribution in [3.05, 3.63) is 82.4 Å². The van der Waals surface area contributed by atoms with E-state index in [1.807, 2.05) is 42.6 Å². The standard InChI is InChI=1S/C31H35N7O3/c39-29-24(19-34-31(40)41-21-22-9-3-1-4-10-22)17-23-18-33-30(36-28(23)38(29)25-11-5-6-12-25)35-27-14-13-26(20-32-27)37-15-7-2-8-16-37/h1,3-4,9-10,13-14,17-18,20,25H,2,5-8,11-12,15-16,19,21H2,(H,34,40)(H,32,33,35,36). The highest BCUT2D eigenvalue weighted by molar-refractivity contribution is 5.77. The van der Waals surface area contributed by atoms with Gasteiger partial charge in [-0.05, 0) is 55.9 Å². The zero-order chi connectivity index (χ0) is 28.0. The lowest BCUT2D eigenvalue weighted by Gasteiger charge is -2.28. The Morgan fingerprint density at radius 3 is 2.51 bits per heavy atom. The van der Waals surface area contributed by atoms with Crippen LogP contribution in [0.1, 0.15) is 62.1 Å². The summed E-state index contributed by atoms with van der Waals surface area (Å²) in [6.45, 7) is 2.35. The van der Waals surface area contributed by atoms with Crippen LogP contribution < -0.4 is 21.1 Å². The van der Waals surface area contributed by atoms with E-state index in [0.29, 0.717) is 23.0 Å². The van der Waals surface area contributed by atoms with Gasteiger partial charge in [0.05, 0.1) is 18.4 Å². The number of aromatic nitrogens is 4. The van der Waals surface area contributed by atoms with Gasteiger partial charge in [-0.3, -0.25) is 9.36 Å². The highest BCUT2D eigenvalue weighted by Gasteiger charge is 2.23. The van der Waals surface area contributed by atoms with Crippen LogP contribution in [0.2, 0.25) is 0 Å². The van der Waals surface area contributed by atoms with E-state index in [-0.39, 0.29) is 24.8 Å². The maximum absolute atomic E-state index is 13.7. The van der Waals surface area contributed by atoms with Gasteiger partial charge in [-0.15, -0.1) is 0 Å². The quantitative estimate of drug-likeness (QED) is 0.296. The lowest BCUT2D eigenvalue weighted by Crippen LogP contribution is -2.32. The molecule has 1 saturated heterocycles. The van der Waals surface area contributed by atoms with Crippen LogP contribution in [0.25, 0.3) is 11.0 Å². The number of pyridine rings is 2. The van der Waals surface area contributed by atoms with Gasteiger partial charge in [0, 0.05) is 36.3 Å². The summed E-state index contributed by atoms with van der Waals surface area (Å²) < 4.78 is 7.11. The second-order valence-corrected chi connectivity index (χ2v) is 10.7. The van der Waals surface area contributed by atoms with Gasteiger partial charge in [-0.1, -0.05) is 43.2 Å². The molecule has 212 valence electrons. The second kappa shape index (κ2) is 12.4. The Balaban J connectivity index is 1.20. The maximum atomic E-state index is 13.7. The van der Waals surface area contributed by atoms with Gasteiger partial charge < -0.3 is 20.3 Å². The zero-order valence-electron chi connectivity index (χ0n) is 23.1. The molecule has 0 spiro atoms. The van der Waals surface area contributed by atoms with Gasteiger partial charge in [0.2, 0.25) is 5.95 Å². The van der Waals surface area contributed by atoms with E-state index in [1.165, 1.54) is 19.3 Å². The van der Waals surface area contributed by atoms with Crippen LogP contribution in [0, 0.1) is 0 Å². The van der Waals surface area contributed by atoms with Crippen molar-refractivity contribution in [2.24, 2.45) is 0 Å². The van der Waals surface area contributed by atoms with Crippen molar-refractivity contribution >= 4 is 34.6 Å². The molecular weight excluding hydrogens is 518 g/mol. The minimum absolute atomic E-state index is 0.0553. The van der Waals surface area contributed by atoms with E-state index in [1.54, 1.807) is 16.8 Å². The summed E-state index contributed by atoms with van der Waals surface area (Å²) in [6.07, 6.45) is 10.7. The lowest BCUT2D eigenvalue weighted by molar-refractivity contribution is 0.139. The Morgan fingerprint density at radius 1 is 0.951 bits per heavy atom. The van der Waals surface area contributed by atoms with Crippen molar-refractivity contribution < 1.29 is 9.53 Å². The van der Waals surface area contributed by atoms with Crippen LogP contribution >= 0.6 is 0 Å². The fourth-order valence-corrected chi connectivity index (χ4v) is 5.72. The number of ether oxygens (including phenoxy) is 1. The normalized spacial score (nSPS) is 15.7. The molecule has 0 bridgehead atoms. The van der Waals surface area contributed by atoms with Gasteiger partial charge in [0.1, 0.15) is 18.1 Å². The van der Waals surface area contributed by atoms with Crippen molar-refractivity contribution in [1.82, 2.24) is 24.8 Å². The van der Waals surface area contributed by atoms with Gasteiger partial charge in [0.25, 0.3) is 5.56 Å². The number of hydrogen-bond donors (Lipinski definition) is 2. The fourth-order valence-electron chi connectivity index (χ4n) is 5.72. The molecule has 41 heavy (non-hydrogen) atoms. The molecule has 4 heterocycles. The van der Waals surface area contributed by atoms with Gasteiger partial charge in [0.15, 0.2) is 0 Å². The van der Waals surface area contributed by atoms with Gasteiger partial charge >= 0.3 is 6.09 Å². The Morgan fingerprint density at radius 2 is 1.76 bits per heavy atom.